The molecule has 1 aliphatic rings. The van der Waals surface area contributed by atoms with Gasteiger partial charge >= 0.3 is 0 Å². The van der Waals surface area contributed by atoms with Crippen LogP contribution in [0.15, 0.2) is 94.5 Å². The summed E-state index contributed by atoms with van der Waals surface area (Å²) in [7, 11) is -1.78. The topological polar surface area (TPSA) is 108 Å². The van der Waals surface area contributed by atoms with E-state index in [2.05, 4.69) is 9.62 Å². The molecule has 2 heterocycles. The fourth-order valence-corrected chi connectivity index (χ4v) is 7.14. The van der Waals surface area contributed by atoms with E-state index in [0.29, 0.717) is 25.4 Å². The summed E-state index contributed by atoms with van der Waals surface area (Å²) in [5.41, 5.74) is 1.61. The van der Waals surface area contributed by atoms with Crippen molar-refractivity contribution < 1.29 is 27.8 Å². The minimum atomic E-state index is -3.80. The monoisotopic (exact) mass is 635 g/mol. The van der Waals surface area contributed by atoms with Crippen LogP contribution < -0.4 is 14.2 Å². The van der Waals surface area contributed by atoms with Gasteiger partial charge in [-0.25, -0.2) is 8.42 Å². The van der Waals surface area contributed by atoms with Crippen LogP contribution in [0, 0.1) is 5.92 Å². The number of likely N-dealkylation sites (N-methyl/N-ethyl adjacent to an activating group) is 1. The average molecular weight is 636 g/mol. The van der Waals surface area contributed by atoms with Gasteiger partial charge < -0.3 is 19.5 Å². The number of para-hydroxylation sites is 1. The minimum Gasteiger partial charge on any atom is -0.488 e. The van der Waals surface area contributed by atoms with Crippen molar-refractivity contribution in [3.63, 3.8) is 0 Å². The van der Waals surface area contributed by atoms with Crippen LogP contribution in [-0.4, -0.2) is 68.1 Å². The molecule has 0 saturated carbocycles. The van der Waals surface area contributed by atoms with Crippen LogP contribution in [-0.2, 0) is 16.6 Å². The quantitative estimate of drug-likeness (QED) is 0.218. The van der Waals surface area contributed by atoms with Crippen LogP contribution in [0.25, 0.3) is 0 Å². The Kier molecular flexibility index (Phi) is 9.90. The smallest absolute Gasteiger partial charge is 0.271 e. The molecule has 0 aliphatic carbocycles. The second-order valence-electron chi connectivity index (χ2n) is 11.1. The molecule has 11 heteroatoms. The largest absolute Gasteiger partial charge is 0.488 e. The normalized spacial score (nSPS) is 17.8. The van der Waals surface area contributed by atoms with Crippen molar-refractivity contribution in [2.75, 3.05) is 31.5 Å². The summed E-state index contributed by atoms with van der Waals surface area (Å²) < 4.78 is 40.8. The Bertz CT molecular complexity index is 1650. The zero-order valence-corrected chi connectivity index (χ0v) is 26.6. The van der Waals surface area contributed by atoms with Gasteiger partial charge in [0.15, 0.2) is 0 Å². The van der Waals surface area contributed by atoms with E-state index >= 15 is 0 Å². The highest BCUT2D eigenvalue weighted by Gasteiger charge is 2.34. The van der Waals surface area contributed by atoms with Crippen LogP contribution in [0.1, 0.15) is 29.8 Å². The Hall–Kier alpha value is -3.90. The molecule has 0 bridgehead atoms. The Morgan fingerprint density at radius 3 is 2.48 bits per heavy atom. The molecule has 0 unspecified atom stereocenters. The molecule has 1 aliphatic heterocycles. The van der Waals surface area contributed by atoms with Crippen molar-refractivity contribution in [1.82, 2.24) is 9.80 Å². The van der Waals surface area contributed by atoms with Gasteiger partial charge in [-0.15, -0.1) is 11.3 Å². The maximum absolute atomic E-state index is 13.7. The lowest BCUT2D eigenvalue weighted by molar-refractivity contribution is 0.0341. The number of aliphatic hydroxyl groups excluding tert-OH is 1. The summed E-state index contributed by atoms with van der Waals surface area (Å²) >= 11 is 1.11. The standard InChI is InChI=1S/C33H37N3O6S2/c1-23-19-36(24(2)22-37)33(38)29-18-26(34-44(39,40)32-10-7-17-43-32)13-16-30(29)42-31(23)21-35(3)20-25-11-14-28(15-12-25)41-27-8-5-4-6-9-27/h4-18,23-24,31,34,37H,19-22H2,1-3H3/t23-,24-,31-/m1/s1. The first-order valence-corrected chi connectivity index (χ1v) is 16.8. The van der Waals surface area contributed by atoms with Crippen molar-refractivity contribution in [3.8, 4) is 17.2 Å². The fourth-order valence-electron chi connectivity index (χ4n) is 5.10. The molecule has 3 aromatic carbocycles. The Balaban J connectivity index is 1.33. The summed E-state index contributed by atoms with van der Waals surface area (Å²) in [6, 6.07) is 25.1. The van der Waals surface area contributed by atoms with Gasteiger partial charge in [0.05, 0.1) is 18.2 Å². The van der Waals surface area contributed by atoms with Crippen molar-refractivity contribution >= 4 is 33.0 Å². The molecule has 232 valence electrons. The summed E-state index contributed by atoms with van der Waals surface area (Å²) in [6.45, 7) is 5.24. The number of benzene rings is 3. The minimum absolute atomic E-state index is 0.0535. The third-order valence-electron chi connectivity index (χ3n) is 7.52. The fraction of sp³-hybridized carbons (Fsp3) is 0.303. The summed E-state index contributed by atoms with van der Waals surface area (Å²) in [6.07, 6.45) is -0.283. The molecule has 1 amide bonds. The van der Waals surface area contributed by atoms with Crippen molar-refractivity contribution in [1.29, 1.82) is 0 Å². The molecule has 0 fully saturated rings. The highest BCUT2D eigenvalue weighted by Crippen LogP contribution is 2.32. The molecule has 5 rings (SSSR count). The molecular formula is C33H37N3O6S2. The number of fused-ring (bicyclic) bond motifs is 1. The van der Waals surface area contributed by atoms with Crippen molar-refractivity contribution in [2.24, 2.45) is 5.92 Å². The first kappa shape index (κ1) is 31.5. The number of rotatable bonds is 11. The summed E-state index contributed by atoms with van der Waals surface area (Å²) in [5.74, 6) is 1.54. The number of carbonyl (C=O) groups excluding carboxylic acids is 1. The Labute approximate surface area is 262 Å². The molecule has 2 N–H and O–H groups in total. The number of hydrogen-bond acceptors (Lipinski definition) is 8. The van der Waals surface area contributed by atoms with E-state index in [0.717, 1.165) is 28.4 Å². The van der Waals surface area contributed by atoms with Crippen molar-refractivity contribution in [2.45, 2.75) is 36.7 Å². The first-order valence-electron chi connectivity index (χ1n) is 14.4. The number of thiophene rings is 1. The summed E-state index contributed by atoms with van der Waals surface area (Å²) in [5, 5.41) is 11.6. The molecule has 9 nitrogen and oxygen atoms in total. The zero-order chi connectivity index (χ0) is 31.3. The van der Waals surface area contributed by atoms with Gasteiger partial charge in [0, 0.05) is 31.2 Å². The van der Waals surface area contributed by atoms with Gasteiger partial charge in [-0.2, -0.15) is 0 Å². The second-order valence-corrected chi connectivity index (χ2v) is 14.0. The third-order valence-corrected chi connectivity index (χ3v) is 10.3. The maximum Gasteiger partial charge on any atom is 0.271 e. The number of ether oxygens (including phenoxy) is 2. The van der Waals surface area contributed by atoms with E-state index in [4.69, 9.17) is 9.47 Å². The van der Waals surface area contributed by atoms with Gasteiger partial charge in [-0.3, -0.25) is 14.4 Å². The number of anilines is 1. The van der Waals surface area contributed by atoms with Crippen LogP contribution in [0.3, 0.4) is 0 Å². The van der Waals surface area contributed by atoms with Crippen LogP contribution in [0.4, 0.5) is 5.69 Å². The van der Waals surface area contributed by atoms with E-state index in [1.165, 1.54) is 12.1 Å². The van der Waals surface area contributed by atoms with Gasteiger partial charge in [-0.05, 0) is 73.4 Å². The molecule has 4 aromatic rings. The molecule has 0 radical (unpaired) electrons. The van der Waals surface area contributed by atoms with Crippen LogP contribution in [0.5, 0.6) is 17.2 Å². The number of amides is 1. The number of hydrogen-bond donors (Lipinski definition) is 2. The van der Waals surface area contributed by atoms with Crippen molar-refractivity contribution in [3.05, 3.63) is 101 Å². The molecule has 44 heavy (non-hydrogen) atoms. The molecule has 0 spiro atoms. The predicted molar refractivity (Wildman–Crippen MR) is 172 cm³/mol. The molecule has 0 saturated heterocycles. The lowest BCUT2D eigenvalue weighted by Gasteiger charge is -2.38. The van der Waals surface area contributed by atoms with Gasteiger partial charge in [0.2, 0.25) is 0 Å². The van der Waals surface area contributed by atoms with E-state index in [1.54, 1.807) is 35.4 Å². The lowest BCUT2D eigenvalue weighted by atomic mass is 9.99. The predicted octanol–water partition coefficient (Wildman–Crippen LogP) is 5.69. The van der Waals surface area contributed by atoms with E-state index < -0.39 is 16.1 Å². The SMILES string of the molecule is C[C@@H]1CN([C@H](C)CO)C(=O)c2cc(NS(=O)(=O)c3cccs3)ccc2O[C@@H]1CN(C)Cc1ccc(Oc2ccccc2)cc1. The Morgan fingerprint density at radius 2 is 1.80 bits per heavy atom. The number of carbonyl (C=O) groups is 1. The highest BCUT2D eigenvalue weighted by molar-refractivity contribution is 7.94. The van der Waals surface area contributed by atoms with E-state index in [1.807, 2.05) is 68.6 Å². The number of nitrogens with zero attached hydrogens (tertiary/aromatic N) is 2. The first-order chi connectivity index (χ1) is 21.1. The molecule has 3 atom stereocenters. The number of sulfonamides is 1. The average Bonchev–Trinajstić information content (AvgIpc) is 3.57. The number of nitrogens with one attached hydrogen (secondary N) is 1. The number of aliphatic hydroxyl groups is 1. The second kappa shape index (κ2) is 13.8. The van der Waals surface area contributed by atoms with E-state index in [-0.39, 0.29) is 40.0 Å². The van der Waals surface area contributed by atoms with E-state index in [9.17, 15) is 18.3 Å². The summed E-state index contributed by atoms with van der Waals surface area (Å²) in [4.78, 5) is 17.5. The Morgan fingerprint density at radius 1 is 1.07 bits per heavy atom. The third kappa shape index (κ3) is 7.59. The lowest BCUT2D eigenvalue weighted by Crippen LogP contribution is -2.49. The van der Waals surface area contributed by atoms with Gasteiger partial charge in [0.1, 0.15) is 27.6 Å². The molecule has 1 aromatic heterocycles. The highest BCUT2D eigenvalue weighted by atomic mass is 32.2. The molecular weight excluding hydrogens is 599 g/mol. The zero-order valence-electron chi connectivity index (χ0n) is 24.9. The van der Waals surface area contributed by atoms with Gasteiger partial charge in [-0.1, -0.05) is 43.3 Å². The maximum atomic E-state index is 13.7. The van der Waals surface area contributed by atoms with Crippen LogP contribution >= 0.6 is 11.3 Å². The van der Waals surface area contributed by atoms with Crippen LogP contribution in [0.2, 0.25) is 0 Å². The van der Waals surface area contributed by atoms with Gasteiger partial charge in [0.25, 0.3) is 15.9 Å².